The highest BCUT2D eigenvalue weighted by Crippen LogP contribution is 2.39. The van der Waals surface area contributed by atoms with Crippen molar-refractivity contribution in [2.75, 3.05) is 6.61 Å². The minimum atomic E-state index is -0.935. The van der Waals surface area contributed by atoms with Crippen LogP contribution in [0.25, 0.3) is 21.3 Å². The van der Waals surface area contributed by atoms with Gasteiger partial charge in [-0.3, -0.25) is 14.3 Å². The molecular weight excluding hydrogens is 692 g/mol. The number of ether oxygens (including phenoxy) is 4. The van der Waals surface area contributed by atoms with Crippen LogP contribution in [0.2, 0.25) is 0 Å². The van der Waals surface area contributed by atoms with Crippen LogP contribution in [-0.2, 0) is 38.8 Å². The summed E-state index contributed by atoms with van der Waals surface area (Å²) in [6, 6.07) is 37.4. The van der Waals surface area contributed by atoms with E-state index in [0.717, 1.165) is 32.3 Å². The fraction of sp³-hybridized carbons (Fsp3) is 0.211. The molecule has 0 bridgehead atoms. The zero-order chi connectivity index (χ0) is 32.9. The lowest BCUT2D eigenvalue weighted by atomic mass is 10.1. The Hall–Kier alpha value is -4.16. The normalized spacial score (nSPS) is 19.2. The third-order valence-corrected chi connectivity index (χ3v) is 9.81. The fourth-order valence-corrected chi connectivity index (χ4v) is 7.20. The first kappa shape index (κ1) is 32.4. The smallest absolute Gasteiger partial charge is 0.331 e. The Balaban J connectivity index is 1.30. The second kappa shape index (κ2) is 14.9. The van der Waals surface area contributed by atoms with Crippen LogP contribution in [0, 0.1) is 0 Å². The minimum absolute atomic E-state index is 0.195. The van der Waals surface area contributed by atoms with Crippen LogP contribution in [0.1, 0.15) is 22.9 Å². The number of benzene rings is 4. The van der Waals surface area contributed by atoms with Crippen LogP contribution in [-0.4, -0.2) is 34.5 Å². The van der Waals surface area contributed by atoms with E-state index in [1.54, 1.807) is 0 Å². The lowest BCUT2D eigenvalue weighted by Gasteiger charge is -2.26. The predicted molar refractivity (Wildman–Crippen MR) is 190 cm³/mol. The molecule has 1 N–H and O–H groups in total. The van der Waals surface area contributed by atoms with E-state index in [4.69, 9.17) is 18.9 Å². The van der Waals surface area contributed by atoms with E-state index in [1.165, 1.54) is 15.9 Å². The van der Waals surface area contributed by atoms with Gasteiger partial charge in [-0.25, -0.2) is 4.79 Å². The van der Waals surface area contributed by atoms with Crippen LogP contribution >= 0.6 is 27.3 Å². The van der Waals surface area contributed by atoms with Gasteiger partial charge in [0.05, 0.1) is 31.9 Å². The molecule has 2 aromatic heterocycles. The summed E-state index contributed by atoms with van der Waals surface area (Å²) in [6.45, 7) is 1.15. The molecule has 8 nitrogen and oxygen atoms in total. The van der Waals surface area contributed by atoms with E-state index in [-0.39, 0.29) is 13.2 Å². The van der Waals surface area contributed by atoms with Gasteiger partial charge in [0.1, 0.15) is 23.0 Å². The fourth-order valence-electron chi connectivity index (χ4n) is 5.97. The van der Waals surface area contributed by atoms with Crippen molar-refractivity contribution in [3.05, 3.63) is 163 Å². The first-order valence-electron chi connectivity index (χ1n) is 15.7. The number of aromatic amines is 1. The van der Waals surface area contributed by atoms with Crippen LogP contribution < -0.4 is 11.2 Å². The highest BCUT2D eigenvalue weighted by Gasteiger charge is 2.48. The van der Waals surface area contributed by atoms with Gasteiger partial charge in [-0.2, -0.15) is 0 Å². The van der Waals surface area contributed by atoms with Gasteiger partial charge >= 0.3 is 5.69 Å². The Morgan fingerprint density at radius 3 is 1.90 bits per heavy atom. The average molecular weight is 726 g/mol. The molecule has 48 heavy (non-hydrogen) atoms. The molecule has 0 unspecified atom stereocenters. The number of rotatable bonds is 12. The van der Waals surface area contributed by atoms with Crippen molar-refractivity contribution >= 4 is 37.5 Å². The van der Waals surface area contributed by atoms with Gasteiger partial charge in [0.25, 0.3) is 5.56 Å². The maximum Gasteiger partial charge on any atom is 0.331 e. The average Bonchev–Trinajstić information content (AvgIpc) is 3.70. The molecule has 1 saturated heterocycles. The number of hydrogen-bond donors (Lipinski definition) is 1. The van der Waals surface area contributed by atoms with Crippen LogP contribution in [0.5, 0.6) is 0 Å². The SMILES string of the molecule is O=c1[nH]c(=O)n([C@@H]2O[C@H](COCc3ccccc3)[C@@H](OCc3ccccc3)[C@H]2OCc2ccccc2)c2c(-c3ccc(Br)cc3)csc12. The molecule has 0 saturated carbocycles. The first-order valence-corrected chi connectivity index (χ1v) is 17.3. The van der Waals surface area contributed by atoms with Crippen molar-refractivity contribution in [2.45, 2.75) is 44.4 Å². The summed E-state index contributed by atoms with van der Waals surface area (Å²) < 4.78 is 29.1. The molecule has 4 atom stereocenters. The van der Waals surface area contributed by atoms with E-state index in [1.807, 2.05) is 121 Å². The molecule has 1 fully saturated rings. The van der Waals surface area contributed by atoms with Crippen molar-refractivity contribution in [3.8, 4) is 11.1 Å². The predicted octanol–water partition coefficient (Wildman–Crippen LogP) is 7.47. The van der Waals surface area contributed by atoms with Crippen molar-refractivity contribution in [1.29, 1.82) is 0 Å². The number of fused-ring (bicyclic) bond motifs is 1. The van der Waals surface area contributed by atoms with E-state index in [9.17, 15) is 9.59 Å². The van der Waals surface area contributed by atoms with Crippen molar-refractivity contribution < 1.29 is 18.9 Å². The maximum atomic E-state index is 13.9. The largest absolute Gasteiger partial charge is 0.374 e. The van der Waals surface area contributed by atoms with Crippen LogP contribution in [0.3, 0.4) is 0 Å². The number of nitrogens with one attached hydrogen (secondary N) is 1. The summed E-state index contributed by atoms with van der Waals surface area (Å²) in [5, 5.41) is 1.90. The third-order valence-electron chi connectivity index (χ3n) is 8.31. The summed E-state index contributed by atoms with van der Waals surface area (Å²) in [5.74, 6) is 0. The summed E-state index contributed by atoms with van der Waals surface area (Å²) in [7, 11) is 0. The number of nitrogens with zero attached hydrogens (tertiary/aromatic N) is 1. The van der Waals surface area contributed by atoms with Gasteiger partial charge in [0, 0.05) is 15.4 Å². The Labute approximate surface area is 289 Å². The highest BCUT2D eigenvalue weighted by molar-refractivity contribution is 9.10. The number of halogens is 1. The number of H-pyrrole nitrogens is 1. The molecule has 0 amide bonds. The number of aromatic nitrogens is 2. The Bertz CT molecular complexity index is 2070. The van der Waals surface area contributed by atoms with Gasteiger partial charge in [-0.15, -0.1) is 11.3 Å². The molecule has 3 heterocycles. The summed E-state index contributed by atoms with van der Waals surface area (Å²) in [5.41, 5.74) is 4.06. The summed E-state index contributed by atoms with van der Waals surface area (Å²) in [6.07, 6.45) is -2.87. The van der Waals surface area contributed by atoms with Gasteiger partial charge in [0.15, 0.2) is 6.23 Å². The summed E-state index contributed by atoms with van der Waals surface area (Å²) >= 11 is 4.79. The Morgan fingerprint density at radius 2 is 1.29 bits per heavy atom. The van der Waals surface area contributed by atoms with Crippen LogP contribution in [0.4, 0.5) is 0 Å². The van der Waals surface area contributed by atoms with Crippen molar-refractivity contribution in [3.63, 3.8) is 0 Å². The molecule has 7 rings (SSSR count). The monoisotopic (exact) mass is 724 g/mol. The zero-order valence-electron chi connectivity index (χ0n) is 25.9. The molecule has 244 valence electrons. The molecule has 1 aliphatic rings. The van der Waals surface area contributed by atoms with Gasteiger partial charge < -0.3 is 18.9 Å². The molecular formula is C38H33BrN2O6S. The highest BCUT2D eigenvalue weighted by atomic mass is 79.9. The van der Waals surface area contributed by atoms with Gasteiger partial charge in [-0.05, 0) is 34.4 Å². The second-order valence-electron chi connectivity index (χ2n) is 11.6. The Kier molecular flexibility index (Phi) is 10.1. The molecule has 0 radical (unpaired) electrons. The van der Waals surface area contributed by atoms with E-state index in [0.29, 0.717) is 23.4 Å². The molecule has 0 spiro atoms. The quantitative estimate of drug-likeness (QED) is 0.141. The molecule has 10 heteroatoms. The topological polar surface area (TPSA) is 91.8 Å². The molecule has 4 aromatic carbocycles. The molecule has 0 aliphatic carbocycles. The molecule has 6 aromatic rings. The van der Waals surface area contributed by atoms with E-state index >= 15 is 0 Å². The van der Waals surface area contributed by atoms with Crippen molar-refractivity contribution in [2.24, 2.45) is 0 Å². The lowest BCUT2D eigenvalue weighted by molar-refractivity contribution is -0.0916. The van der Waals surface area contributed by atoms with E-state index < -0.39 is 35.8 Å². The van der Waals surface area contributed by atoms with Gasteiger partial charge in [0.2, 0.25) is 0 Å². The van der Waals surface area contributed by atoms with Crippen molar-refractivity contribution in [1.82, 2.24) is 9.55 Å². The molecule has 1 aliphatic heterocycles. The first-order chi connectivity index (χ1) is 23.5. The van der Waals surface area contributed by atoms with Gasteiger partial charge in [-0.1, -0.05) is 119 Å². The van der Waals surface area contributed by atoms with E-state index in [2.05, 4.69) is 20.9 Å². The standard InChI is InChI=1S/C38H33BrN2O6S/c39-29-18-16-28(17-19-29)30-24-48-35-32(30)41(38(43)40-36(35)42)37-34(46-22-27-14-8-3-9-15-27)33(45-21-26-12-6-2-7-13-26)31(47-37)23-44-20-25-10-4-1-5-11-25/h1-19,24,31,33-34,37H,20-23H2,(H,40,42,43)/t31-,33-,34-,37-/m1/s1. The zero-order valence-corrected chi connectivity index (χ0v) is 28.3. The number of hydrogen-bond acceptors (Lipinski definition) is 7. The lowest BCUT2D eigenvalue weighted by Crippen LogP contribution is -2.41. The maximum absolute atomic E-state index is 13.9. The second-order valence-corrected chi connectivity index (χ2v) is 13.3. The Morgan fingerprint density at radius 1 is 0.729 bits per heavy atom. The van der Waals surface area contributed by atoms with Crippen LogP contribution in [0.15, 0.2) is 135 Å². The minimum Gasteiger partial charge on any atom is -0.374 e. The number of thiophene rings is 1. The third kappa shape index (κ3) is 7.14. The summed E-state index contributed by atoms with van der Waals surface area (Å²) in [4.78, 5) is 29.6.